The summed E-state index contributed by atoms with van der Waals surface area (Å²) in [6, 6.07) is 0.473. The molecule has 1 saturated carbocycles. The Kier molecular flexibility index (Phi) is 2.74. The van der Waals surface area contributed by atoms with E-state index in [1.807, 2.05) is 18.7 Å². The zero-order chi connectivity index (χ0) is 8.27. The maximum absolute atomic E-state index is 11.2. The molecule has 0 heterocycles. The molecule has 1 radical (unpaired) electrons. The maximum atomic E-state index is 11.2. The molecule has 0 aliphatic heterocycles. The van der Waals surface area contributed by atoms with Gasteiger partial charge < -0.3 is 4.90 Å². The van der Waals surface area contributed by atoms with Crippen LogP contribution in [0.2, 0.25) is 0 Å². The molecule has 2 amide bonds. The van der Waals surface area contributed by atoms with Crippen LogP contribution in [0.3, 0.4) is 0 Å². The van der Waals surface area contributed by atoms with Crippen molar-refractivity contribution in [2.24, 2.45) is 0 Å². The molecule has 11 heavy (non-hydrogen) atoms. The molecule has 0 unspecified atom stereocenters. The van der Waals surface area contributed by atoms with Gasteiger partial charge >= 0.3 is 6.03 Å². The lowest BCUT2D eigenvalue weighted by Gasteiger charge is -2.18. The van der Waals surface area contributed by atoms with Gasteiger partial charge in [0.1, 0.15) is 0 Å². The predicted molar refractivity (Wildman–Crippen MR) is 43.5 cm³/mol. The van der Waals surface area contributed by atoms with Crippen molar-refractivity contribution in [1.29, 1.82) is 0 Å². The van der Waals surface area contributed by atoms with E-state index in [1.54, 1.807) is 0 Å². The highest BCUT2D eigenvalue weighted by Crippen LogP contribution is 2.26. The van der Waals surface area contributed by atoms with Crippen LogP contribution in [-0.4, -0.2) is 30.1 Å². The molecule has 0 saturated heterocycles. The molecule has 1 aliphatic carbocycles. The number of carbonyl (C=O) groups excluding carboxylic acids is 1. The van der Waals surface area contributed by atoms with Crippen LogP contribution in [-0.2, 0) is 0 Å². The third-order valence-corrected chi connectivity index (χ3v) is 1.87. The van der Waals surface area contributed by atoms with Gasteiger partial charge in [-0.05, 0) is 26.7 Å². The third kappa shape index (κ3) is 2.10. The summed E-state index contributed by atoms with van der Waals surface area (Å²) in [7, 11) is 0. The first kappa shape index (κ1) is 8.37. The fourth-order valence-electron chi connectivity index (χ4n) is 1.16. The standard InChI is InChI=1S/C8H15N2O/c1-3-9-8(11)10(4-2)7-5-6-7/h7H,3-6H2,1-2H3. The number of hydrogen-bond acceptors (Lipinski definition) is 1. The molecule has 0 bridgehead atoms. The molecular formula is C8H15N2O. The lowest BCUT2D eigenvalue weighted by Crippen LogP contribution is -2.37. The van der Waals surface area contributed by atoms with Crippen LogP contribution in [0.25, 0.3) is 0 Å². The molecule has 63 valence electrons. The van der Waals surface area contributed by atoms with Gasteiger partial charge in [0.15, 0.2) is 0 Å². The van der Waals surface area contributed by atoms with Gasteiger partial charge in [-0.2, -0.15) is 0 Å². The highest BCUT2D eigenvalue weighted by Gasteiger charge is 2.31. The minimum absolute atomic E-state index is 0.0301. The van der Waals surface area contributed by atoms with Crippen molar-refractivity contribution in [1.82, 2.24) is 10.2 Å². The molecule has 1 fully saturated rings. The average molecular weight is 155 g/mol. The molecule has 0 N–H and O–H groups in total. The van der Waals surface area contributed by atoms with E-state index in [2.05, 4.69) is 5.32 Å². The van der Waals surface area contributed by atoms with E-state index < -0.39 is 0 Å². The smallest absolute Gasteiger partial charge is 0.321 e. The van der Waals surface area contributed by atoms with E-state index in [9.17, 15) is 4.79 Å². The Bertz CT molecular complexity index is 143. The van der Waals surface area contributed by atoms with Crippen LogP contribution in [0.5, 0.6) is 0 Å². The Morgan fingerprint density at radius 1 is 1.55 bits per heavy atom. The summed E-state index contributed by atoms with van der Waals surface area (Å²) < 4.78 is 0. The van der Waals surface area contributed by atoms with E-state index in [0.717, 1.165) is 6.54 Å². The Morgan fingerprint density at radius 3 is 2.55 bits per heavy atom. The first-order valence-corrected chi connectivity index (χ1v) is 4.27. The molecule has 0 spiro atoms. The minimum atomic E-state index is -0.0301. The van der Waals surface area contributed by atoms with Crippen LogP contribution in [0.4, 0.5) is 4.79 Å². The minimum Gasteiger partial charge on any atom is -0.321 e. The van der Waals surface area contributed by atoms with Gasteiger partial charge in [0.05, 0.1) is 0 Å². The Hall–Kier alpha value is -0.730. The van der Waals surface area contributed by atoms with Crippen molar-refractivity contribution >= 4 is 6.03 Å². The molecule has 3 nitrogen and oxygen atoms in total. The van der Waals surface area contributed by atoms with Crippen molar-refractivity contribution in [3.05, 3.63) is 0 Å². The number of urea groups is 1. The van der Waals surface area contributed by atoms with E-state index in [1.165, 1.54) is 12.8 Å². The highest BCUT2D eigenvalue weighted by molar-refractivity contribution is 5.74. The summed E-state index contributed by atoms with van der Waals surface area (Å²) in [6.07, 6.45) is 2.33. The Labute approximate surface area is 67.8 Å². The zero-order valence-electron chi connectivity index (χ0n) is 7.21. The van der Waals surface area contributed by atoms with Crippen LogP contribution >= 0.6 is 0 Å². The van der Waals surface area contributed by atoms with E-state index in [4.69, 9.17) is 0 Å². The molecule has 3 heteroatoms. The average Bonchev–Trinajstić information content (AvgIpc) is 2.73. The molecule has 1 rings (SSSR count). The Balaban J connectivity index is 2.33. The monoisotopic (exact) mass is 155 g/mol. The maximum Gasteiger partial charge on any atom is 0.339 e. The zero-order valence-corrected chi connectivity index (χ0v) is 7.21. The second-order valence-corrected chi connectivity index (χ2v) is 2.77. The molecule has 0 aromatic carbocycles. The summed E-state index contributed by atoms with van der Waals surface area (Å²) in [4.78, 5) is 13.1. The summed E-state index contributed by atoms with van der Waals surface area (Å²) in [5, 5.41) is 3.84. The molecule has 1 aliphatic rings. The third-order valence-electron chi connectivity index (χ3n) is 1.87. The van der Waals surface area contributed by atoms with Crippen LogP contribution in [0, 0.1) is 0 Å². The lowest BCUT2D eigenvalue weighted by atomic mass is 10.5. The van der Waals surface area contributed by atoms with Crippen LogP contribution in [0.1, 0.15) is 26.7 Å². The fraction of sp³-hybridized carbons (Fsp3) is 0.875. The summed E-state index contributed by atoms with van der Waals surface area (Å²) in [5.74, 6) is 0. The number of carbonyl (C=O) groups is 1. The quantitative estimate of drug-likeness (QED) is 0.603. The van der Waals surface area contributed by atoms with E-state index in [-0.39, 0.29) is 6.03 Å². The molecule has 0 atom stereocenters. The van der Waals surface area contributed by atoms with Gasteiger partial charge in [0.2, 0.25) is 0 Å². The SMILES string of the molecule is CC[N]C(=O)N(CC)C1CC1. The van der Waals surface area contributed by atoms with E-state index in [0.29, 0.717) is 12.6 Å². The van der Waals surface area contributed by atoms with Crippen LogP contribution < -0.4 is 5.32 Å². The van der Waals surface area contributed by atoms with Crippen LogP contribution in [0.15, 0.2) is 0 Å². The fourth-order valence-corrected chi connectivity index (χ4v) is 1.16. The van der Waals surface area contributed by atoms with Crippen molar-refractivity contribution < 1.29 is 4.79 Å². The number of rotatable bonds is 3. The van der Waals surface area contributed by atoms with Gasteiger partial charge in [0, 0.05) is 19.1 Å². The second kappa shape index (κ2) is 3.60. The largest absolute Gasteiger partial charge is 0.339 e. The summed E-state index contributed by atoms with van der Waals surface area (Å²) in [6.45, 7) is 5.29. The molecular weight excluding hydrogens is 140 g/mol. The number of amides is 2. The van der Waals surface area contributed by atoms with Gasteiger partial charge in [0.25, 0.3) is 0 Å². The summed E-state index contributed by atoms with van der Waals surface area (Å²) >= 11 is 0. The first-order valence-electron chi connectivity index (χ1n) is 4.27. The summed E-state index contributed by atoms with van der Waals surface area (Å²) in [5.41, 5.74) is 0. The predicted octanol–water partition coefficient (Wildman–Crippen LogP) is 1.22. The number of hydrogen-bond donors (Lipinski definition) is 0. The topological polar surface area (TPSA) is 34.4 Å². The normalized spacial score (nSPS) is 16.2. The van der Waals surface area contributed by atoms with Gasteiger partial charge in [-0.3, -0.25) is 0 Å². The van der Waals surface area contributed by atoms with Gasteiger partial charge in [-0.1, -0.05) is 0 Å². The lowest BCUT2D eigenvalue weighted by molar-refractivity contribution is 0.197. The van der Waals surface area contributed by atoms with Gasteiger partial charge in [-0.25, -0.2) is 10.1 Å². The molecule has 0 aromatic heterocycles. The first-order chi connectivity index (χ1) is 5.29. The van der Waals surface area contributed by atoms with Crippen molar-refractivity contribution in [2.45, 2.75) is 32.7 Å². The molecule has 0 aromatic rings. The highest BCUT2D eigenvalue weighted by atomic mass is 16.2. The van der Waals surface area contributed by atoms with E-state index >= 15 is 0 Å². The van der Waals surface area contributed by atoms with Crippen molar-refractivity contribution in [3.63, 3.8) is 0 Å². The van der Waals surface area contributed by atoms with Crippen molar-refractivity contribution in [2.75, 3.05) is 13.1 Å². The van der Waals surface area contributed by atoms with Crippen molar-refractivity contribution in [3.8, 4) is 0 Å². The second-order valence-electron chi connectivity index (χ2n) is 2.77. The van der Waals surface area contributed by atoms with Gasteiger partial charge in [-0.15, -0.1) is 0 Å². The number of nitrogens with zero attached hydrogens (tertiary/aromatic N) is 2. The Morgan fingerprint density at radius 2 is 2.18 bits per heavy atom.